The molecule has 0 spiro atoms. The number of rotatable bonds is 20. The second-order valence-corrected chi connectivity index (χ2v) is 12.6. The molecule has 2 aromatic rings. The van der Waals surface area contributed by atoms with Crippen LogP contribution < -0.4 is 0 Å². The van der Waals surface area contributed by atoms with Crippen LogP contribution in [0.3, 0.4) is 0 Å². The van der Waals surface area contributed by atoms with E-state index in [1.54, 1.807) is 62.8 Å². The van der Waals surface area contributed by atoms with Gasteiger partial charge in [-0.05, 0) is 120 Å². The molecule has 2 aromatic carbocycles. The summed E-state index contributed by atoms with van der Waals surface area (Å²) in [5.41, 5.74) is 1.14. The minimum atomic E-state index is -0.305. The van der Waals surface area contributed by atoms with E-state index in [4.69, 9.17) is 28.4 Å². The van der Waals surface area contributed by atoms with Gasteiger partial charge in [0.25, 0.3) is 0 Å². The first-order valence-corrected chi connectivity index (χ1v) is 18.4. The van der Waals surface area contributed by atoms with Crippen molar-refractivity contribution in [3.8, 4) is 0 Å². The van der Waals surface area contributed by atoms with E-state index in [9.17, 15) is 9.59 Å². The maximum atomic E-state index is 11.6. The minimum absolute atomic E-state index is 0.291. The molecule has 0 aromatic heterocycles. The third-order valence-electron chi connectivity index (χ3n) is 9.35. The molecule has 3 aliphatic carbocycles. The number of unbranched alkanes of at least 4 members (excludes halogenated alkanes) is 2. The Hall–Kier alpha value is -2.78. The van der Waals surface area contributed by atoms with Crippen molar-refractivity contribution in [2.75, 3.05) is 66.1 Å². The number of carbonyl (C=O) groups excluding carboxylic acids is 2. The highest BCUT2D eigenvalue weighted by Gasteiger charge is 2.48. The molecule has 0 saturated heterocycles. The predicted octanol–water partition coefficient (Wildman–Crippen LogP) is 8.19. The van der Waals surface area contributed by atoms with Gasteiger partial charge in [0.1, 0.15) is 13.2 Å². The lowest BCUT2D eigenvalue weighted by Gasteiger charge is -2.23. The zero-order valence-electron chi connectivity index (χ0n) is 29.5. The van der Waals surface area contributed by atoms with Crippen LogP contribution in [0.1, 0.15) is 98.8 Å². The number of hydrogen-bond acceptors (Lipinski definition) is 8. The standard InChI is InChI=1S/2C15H22O4.C10H16/c2*1-2-17-10-6-7-11-18-12-13-19-15(16)14-8-4-3-5-9-14;1-2-9-7-4-5-8(6-7)10(9)3-1/h2*3-5,8-9H,2,6-7,10-13H2,1H3;7-10H,1-6H2. The van der Waals surface area contributed by atoms with Gasteiger partial charge in [0.05, 0.1) is 24.3 Å². The largest absolute Gasteiger partial charge is 0.460 e. The summed E-state index contributed by atoms with van der Waals surface area (Å²) >= 11 is 0. The van der Waals surface area contributed by atoms with Crippen LogP contribution in [0.2, 0.25) is 0 Å². The highest BCUT2D eigenvalue weighted by atomic mass is 16.6. The zero-order valence-corrected chi connectivity index (χ0v) is 29.5. The summed E-state index contributed by atoms with van der Waals surface area (Å²) in [4.78, 5) is 23.1. The molecule has 8 heteroatoms. The third-order valence-corrected chi connectivity index (χ3v) is 9.35. The van der Waals surface area contributed by atoms with Gasteiger partial charge in [-0.15, -0.1) is 0 Å². The average molecular weight is 669 g/mol. The quantitative estimate of drug-likeness (QED) is 0.103. The summed E-state index contributed by atoms with van der Waals surface area (Å²) in [6.07, 6.45) is 13.5. The molecule has 8 nitrogen and oxygen atoms in total. The molecule has 268 valence electrons. The van der Waals surface area contributed by atoms with Crippen LogP contribution in [-0.4, -0.2) is 78.0 Å². The van der Waals surface area contributed by atoms with Gasteiger partial charge >= 0.3 is 11.9 Å². The van der Waals surface area contributed by atoms with Gasteiger partial charge in [-0.3, -0.25) is 0 Å². The second-order valence-electron chi connectivity index (χ2n) is 12.6. The van der Waals surface area contributed by atoms with E-state index in [0.717, 1.165) is 52.1 Å². The van der Waals surface area contributed by atoms with Crippen LogP contribution in [0.5, 0.6) is 0 Å². The smallest absolute Gasteiger partial charge is 0.338 e. The Kier molecular flexibility index (Phi) is 20.8. The SMILES string of the molecule is C1CC2C3CCC(C3)C2C1.CCOCCCCOCCOC(=O)c1ccccc1.CCOCCCCOCCOC(=O)c1ccccc1. The average Bonchev–Trinajstić information content (AvgIpc) is 3.89. The van der Waals surface area contributed by atoms with E-state index in [-0.39, 0.29) is 11.9 Å². The van der Waals surface area contributed by atoms with E-state index in [2.05, 4.69) is 0 Å². The first-order valence-electron chi connectivity index (χ1n) is 18.4. The summed E-state index contributed by atoms with van der Waals surface area (Å²) in [5, 5.41) is 0. The van der Waals surface area contributed by atoms with Crippen LogP contribution in [-0.2, 0) is 28.4 Å². The molecule has 48 heavy (non-hydrogen) atoms. The van der Waals surface area contributed by atoms with Crippen molar-refractivity contribution in [2.45, 2.75) is 78.1 Å². The number of hydrogen-bond donors (Lipinski definition) is 0. The number of fused-ring (bicyclic) bond motifs is 5. The van der Waals surface area contributed by atoms with E-state index in [1.165, 1.54) is 23.7 Å². The number of esters is 2. The molecule has 0 radical (unpaired) electrons. The molecule has 3 saturated carbocycles. The highest BCUT2D eigenvalue weighted by Crippen LogP contribution is 2.58. The van der Waals surface area contributed by atoms with Gasteiger partial charge in [0.15, 0.2) is 0 Å². The summed E-state index contributed by atoms with van der Waals surface area (Å²) in [6.45, 7) is 9.86. The normalized spacial score (nSPS) is 20.2. The fraction of sp³-hybridized carbons (Fsp3) is 0.650. The molecular weight excluding hydrogens is 608 g/mol. The van der Waals surface area contributed by atoms with E-state index in [0.29, 0.717) is 50.8 Å². The van der Waals surface area contributed by atoms with Crippen LogP contribution in [0.25, 0.3) is 0 Å². The monoisotopic (exact) mass is 668 g/mol. The molecular formula is C40H60O8. The van der Waals surface area contributed by atoms with Crippen molar-refractivity contribution in [3.63, 3.8) is 0 Å². The summed E-state index contributed by atoms with van der Waals surface area (Å²) < 4.78 is 31.3. The molecule has 3 fully saturated rings. The second kappa shape index (κ2) is 25.2. The van der Waals surface area contributed by atoms with Crippen molar-refractivity contribution < 1.29 is 38.0 Å². The van der Waals surface area contributed by atoms with Gasteiger partial charge in [-0.2, -0.15) is 0 Å². The lowest BCUT2D eigenvalue weighted by atomic mass is 9.82. The maximum absolute atomic E-state index is 11.6. The lowest BCUT2D eigenvalue weighted by molar-refractivity contribution is 0.0298. The van der Waals surface area contributed by atoms with Crippen molar-refractivity contribution in [1.29, 1.82) is 0 Å². The van der Waals surface area contributed by atoms with Crippen molar-refractivity contribution in [1.82, 2.24) is 0 Å². The fourth-order valence-electron chi connectivity index (χ4n) is 7.03. The molecule has 4 unspecified atom stereocenters. The Morgan fingerprint density at radius 3 is 1.31 bits per heavy atom. The lowest BCUT2D eigenvalue weighted by Crippen LogP contribution is -2.15. The highest BCUT2D eigenvalue weighted by molar-refractivity contribution is 5.89. The molecule has 0 heterocycles. The van der Waals surface area contributed by atoms with E-state index >= 15 is 0 Å². The fourth-order valence-corrected chi connectivity index (χ4v) is 7.03. The number of benzene rings is 2. The van der Waals surface area contributed by atoms with Gasteiger partial charge in [-0.25, -0.2) is 9.59 Å². The minimum Gasteiger partial charge on any atom is -0.460 e. The third kappa shape index (κ3) is 15.6. The topological polar surface area (TPSA) is 89.5 Å². The predicted molar refractivity (Wildman–Crippen MR) is 188 cm³/mol. The number of ether oxygens (including phenoxy) is 6. The van der Waals surface area contributed by atoms with Crippen molar-refractivity contribution in [3.05, 3.63) is 71.8 Å². The summed E-state index contributed by atoms with van der Waals surface area (Å²) in [5.74, 6) is 4.19. The number of carbonyl (C=O) groups is 2. The van der Waals surface area contributed by atoms with Crippen molar-refractivity contribution in [2.24, 2.45) is 23.7 Å². The molecule has 3 aliphatic rings. The molecule has 2 bridgehead atoms. The van der Waals surface area contributed by atoms with Crippen molar-refractivity contribution >= 4 is 11.9 Å². The Morgan fingerprint density at radius 1 is 0.521 bits per heavy atom. The maximum Gasteiger partial charge on any atom is 0.338 e. The Balaban J connectivity index is 0.000000203. The first-order chi connectivity index (χ1) is 23.6. The Bertz CT molecular complexity index is 1010. The van der Waals surface area contributed by atoms with Gasteiger partial charge in [0, 0.05) is 39.6 Å². The Morgan fingerprint density at radius 2 is 0.917 bits per heavy atom. The van der Waals surface area contributed by atoms with E-state index < -0.39 is 0 Å². The molecule has 4 atom stereocenters. The summed E-state index contributed by atoms with van der Waals surface area (Å²) in [7, 11) is 0. The molecule has 5 rings (SSSR count). The summed E-state index contributed by atoms with van der Waals surface area (Å²) in [6, 6.07) is 17.9. The van der Waals surface area contributed by atoms with Gasteiger partial charge in [0.2, 0.25) is 0 Å². The van der Waals surface area contributed by atoms with Crippen LogP contribution in [0.15, 0.2) is 60.7 Å². The molecule has 0 amide bonds. The van der Waals surface area contributed by atoms with Gasteiger partial charge < -0.3 is 28.4 Å². The van der Waals surface area contributed by atoms with Gasteiger partial charge in [-0.1, -0.05) is 42.8 Å². The molecule has 0 N–H and O–H groups in total. The van der Waals surface area contributed by atoms with E-state index in [1.807, 2.05) is 50.2 Å². The van der Waals surface area contributed by atoms with Crippen LogP contribution >= 0.6 is 0 Å². The van der Waals surface area contributed by atoms with Crippen LogP contribution in [0.4, 0.5) is 0 Å². The zero-order chi connectivity index (χ0) is 34.1. The molecule has 0 aliphatic heterocycles. The first kappa shape index (κ1) is 39.7. The Labute approximate surface area is 289 Å². The van der Waals surface area contributed by atoms with Crippen LogP contribution in [0, 0.1) is 23.7 Å².